The number of ether oxygens (including phenoxy) is 1. The van der Waals surface area contributed by atoms with Gasteiger partial charge in [-0.2, -0.15) is 0 Å². The molecule has 0 atom stereocenters. The molecule has 1 aliphatic rings. The molecule has 0 aromatic heterocycles. The molecule has 6 heteroatoms. The van der Waals surface area contributed by atoms with Gasteiger partial charge in [0, 0.05) is 30.7 Å². The van der Waals surface area contributed by atoms with Crippen molar-refractivity contribution >= 4 is 11.9 Å². The van der Waals surface area contributed by atoms with E-state index in [1.54, 1.807) is 19.2 Å². The first kappa shape index (κ1) is 17.1. The van der Waals surface area contributed by atoms with Gasteiger partial charge < -0.3 is 20.3 Å². The maximum atomic E-state index is 12.5. The number of urea groups is 1. The van der Waals surface area contributed by atoms with Crippen LogP contribution in [0.15, 0.2) is 24.3 Å². The quantitative estimate of drug-likeness (QED) is 0.892. The number of likely N-dealkylation sites (tertiary alicyclic amines) is 1. The third-order valence-corrected chi connectivity index (χ3v) is 3.85. The van der Waals surface area contributed by atoms with E-state index in [1.165, 1.54) is 0 Å². The molecule has 0 unspecified atom stereocenters. The SMILES string of the molecule is COc1cccc(C(=O)N2CCC(NC(=O)NC(C)C)CC2)c1. The summed E-state index contributed by atoms with van der Waals surface area (Å²) in [7, 11) is 1.59. The Labute approximate surface area is 137 Å². The van der Waals surface area contributed by atoms with Crippen LogP contribution in [0.25, 0.3) is 0 Å². The summed E-state index contributed by atoms with van der Waals surface area (Å²) in [4.78, 5) is 26.1. The summed E-state index contributed by atoms with van der Waals surface area (Å²) < 4.78 is 5.16. The molecule has 0 bridgehead atoms. The molecule has 6 nitrogen and oxygen atoms in total. The Morgan fingerprint density at radius 3 is 2.57 bits per heavy atom. The van der Waals surface area contributed by atoms with Crippen LogP contribution < -0.4 is 15.4 Å². The van der Waals surface area contributed by atoms with Crippen molar-refractivity contribution in [2.45, 2.75) is 38.8 Å². The molecule has 3 amide bonds. The van der Waals surface area contributed by atoms with Crippen LogP contribution in [0, 0.1) is 0 Å². The average molecular weight is 319 g/mol. The number of piperidine rings is 1. The first-order chi connectivity index (χ1) is 11.0. The van der Waals surface area contributed by atoms with Gasteiger partial charge >= 0.3 is 6.03 Å². The summed E-state index contributed by atoms with van der Waals surface area (Å²) in [5, 5.41) is 5.78. The zero-order valence-electron chi connectivity index (χ0n) is 14.0. The second kappa shape index (κ2) is 7.85. The van der Waals surface area contributed by atoms with Crippen LogP contribution in [0.2, 0.25) is 0 Å². The highest BCUT2D eigenvalue weighted by molar-refractivity contribution is 5.94. The molecule has 126 valence electrons. The number of nitrogens with one attached hydrogen (secondary N) is 2. The third-order valence-electron chi connectivity index (χ3n) is 3.85. The number of nitrogens with zero attached hydrogens (tertiary/aromatic N) is 1. The average Bonchev–Trinajstić information content (AvgIpc) is 2.54. The molecule has 1 saturated heterocycles. The lowest BCUT2D eigenvalue weighted by molar-refractivity contribution is 0.0708. The van der Waals surface area contributed by atoms with Crippen LogP contribution in [0.3, 0.4) is 0 Å². The van der Waals surface area contributed by atoms with E-state index in [1.807, 2.05) is 30.9 Å². The van der Waals surface area contributed by atoms with Gasteiger partial charge in [-0.15, -0.1) is 0 Å². The molecule has 1 aromatic rings. The van der Waals surface area contributed by atoms with Gasteiger partial charge in [-0.05, 0) is 44.9 Å². The second-order valence-electron chi connectivity index (χ2n) is 6.07. The van der Waals surface area contributed by atoms with E-state index in [9.17, 15) is 9.59 Å². The lowest BCUT2D eigenvalue weighted by Gasteiger charge is -2.32. The molecule has 0 aliphatic carbocycles. The highest BCUT2D eigenvalue weighted by Gasteiger charge is 2.24. The standard InChI is InChI=1S/C17H25N3O3/c1-12(2)18-17(22)19-14-7-9-20(10-8-14)16(21)13-5-4-6-15(11-13)23-3/h4-6,11-12,14H,7-10H2,1-3H3,(H2,18,19,22). The smallest absolute Gasteiger partial charge is 0.315 e. The Morgan fingerprint density at radius 1 is 1.26 bits per heavy atom. The summed E-state index contributed by atoms with van der Waals surface area (Å²) in [6, 6.07) is 7.27. The first-order valence-electron chi connectivity index (χ1n) is 8.00. The number of carbonyl (C=O) groups excluding carboxylic acids is 2. The molecule has 2 N–H and O–H groups in total. The zero-order chi connectivity index (χ0) is 16.8. The number of hydrogen-bond donors (Lipinski definition) is 2. The van der Waals surface area contributed by atoms with Gasteiger partial charge in [0.2, 0.25) is 0 Å². The first-order valence-corrected chi connectivity index (χ1v) is 8.00. The van der Waals surface area contributed by atoms with Gasteiger partial charge in [-0.1, -0.05) is 6.07 Å². The Bertz CT molecular complexity index is 552. The number of amides is 3. The van der Waals surface area contributed by atoms with Crippen molar-refractivity contribution in [3.8, 4) is 5.75 Å². The van der Waals surface area contributed by atoms with E-state index in [-0.39, 0.29) is 24.0 Å². The fourth-order valence-electron chi connectivity index (χ4n) is 2.65. The van der Waals surface area contributed by atoms with Crippen LogP contribution in [-0.4, -0.2) is 49.1 Å². The van der Waals surface area contributed by atoms with Gasteiger partial charge in [0.25, 0.3) is 5.91 Å². The zero-order valence-corrected chi connectivity index (χ0v) is 14.0. The summed E-state index contributed by atoms with van der Waals surface area (Å²) in [6.45, 7) is 5.13. The molecule has 2 rings (SSSR count). The van der Waals surface area contributed by atoms with Crippen LogP contribution >= 0.6 is 0 Å². The van der Waals surface area contributed by atoms with Gasteiger partial charge in [0.05, 0.1) is 7.11 Å². The lowest BCUT2D eigenvalue weighted by atomic mass is 10.0. The van der Waals surface area contributed by atoms with E-state index >= 15 is 0 Å². The Balaban J connectivity index is 1.86. The minimum absolute atomic E-state index is 0.00832. The van der Waals surface area contributed by atoms with Crippen LogP contribution in [0.5, 0.6) is 5.75 Å². The molecule has 0 radical (unpaired) electrons. The van der Waals surface area contributed by atoms with Crippen LogP contribution in [0.4, 0.5) is 4.79 Å². The number of hydrogen-bond acceptors (Lipinski definition) is 3. The number of benzene rings is 1. The van der Waals surface area contributed by atoms with Gasteiger partial charge in [0.1, 0.15) is 5.75 Å². The Kier molecular flexibility index (Phi) is 5.84. The summed E-state index contributed by atoms with van der Waals surface area (Å²) in [5.41, 5.74) is 0.633. The normalized spacial score (nSPS) is 15.4. The van der Waals surface area contributed by atoms with Gasteiger partial charge in [-0.3, -0.25) is 4.79 Å². The summed E-state index contributed by atoms with van der Waals surface area (Å²) in [6.07, 6.45) is 1.53. The molecule has 23 heavy (non-hydrogen) atoms. The fourth-order valence-corrected chi connectivity index (χ4v) is 2.65. The topological polar surface area (TPSA) is 70.7 Å². The van der Waals surface area contributed by atoms with Gasteiger partial charge in [-0.25, -0.2) is 4.79 Å². The summed E-state index contributed by atoms with van der Waals surface area (Å²) >= 11 is 0. The second-order valence-corrected chi connectivity index (χ2v) is 6.07. The van der Waals surface area contributed by atoms with Crippen molar-refractivity contribution in [1.82, 2.24) is 15.5 Å². The predicted octanol–water partition coefficient (Wildman–Crippen LogP) is 2.01. The maximum Gasteiger partial charge on any atom is 0.315 e. The van der Waals surface area contributed by atoms with Crippen molar-refractivity contribution in [1.29, 1.82) is 0 Å². The maximum absolute atomic E-state index is 12.5. The monoisotopic (exact) mass is 319 g/mol. The molecule has 0 saturated carbocycles. The van der Waals surface area contributed by atoms with Crippen molar-refractivity contribution in [2.75, 3.05) is 20.2 Å². The number of carbonyl (C=O) groups is 2. The lowest BCUT2D eigenvalue weighted by Crippen LogP contribution is -2.50. The third kappa shape index (κ3) is 4.87. The minimum atomic E-state index is -0.141. The van der Waals surface area contributed by atoms with Crippen LogP contribution in [0.1, 0.15) is 37.0 Å². The predicted molar refractivity (Wildman–Crippen MR) is 88.7 cm³/mol. The number of methoxy groups -OCH3 is 1. The molecule has 1 aliphatic heterocycles. The van der Waals surface area contributed by atoms with E-state index in [0.717, 1.165) is 12.8 Å². The van der Waals surface area contributed by atoms with E-state index in [0.29, 0.717) is 24.4 Å². The van der Waals surface area contributed by atoms with Crippen LogP contribution in [-0.2, 0) is 0 Å². The van der Waals surface area contributed by atoms with E-state index in [4.69, 9.17) is 4.74 Å². The highest BCUT2D eigenvalue weighted by atomic mass is 16.5. The molecular weight excluding hydrogens is 294 g/mol. The van der Waals surface area contributed by atoms with Crippen molar-refractivity contribution in [2.24, 2.45) is 0 Å². The van der Waals surface area contributed by atoms with Crippen molar-refractivity contribution in [3.05, 3.63) is 29.8 Å². The van der Waals surface area contributed by atoms with Crippen molar-refractivity contribution < 1.29 is 14.3 Å². The molecule has 1 heterocycles. The Hall–Kier alpha value is -2.24. The number of rotatable bonds is 4. The largest absolute Gasteiger partial charge is 0.497 e. The molecule has 1 fully saturated rings. The highest BCUT2D eigenvalue weighted by Crippen LogP contribution is 2.17. The molecule has 0 spiro atoms. The van der Waals surface area contributed by atoms with E-state index < -0.39 is 0 Å². The van der Waals surface area contributed by atoms with Crippen molar-refractivity contribution in [3.63, 3.8) is 0 Å². The van der Waals surface area contributed by atoms with E-state index in [2.05, 4.69) is 10.6 Å². The molecular formula is C17H25N3O3. The Morgan fingerprint density at radius 2 is 1.96 bits per heavy atom. The molecule has 1 aromatic carbocycles. The van der Waals surface area contributed by atoms with Gasteiger partial charge in [0.15, 0.2) is 0 Å². The minimum Gasteiger partial charge on any atom is -0.497 e. The summed E-state index contributed by atoms with van der Waals surface area (Å²) in [5.74, 6) is 0.687. The fraction of sp³-hybridized carbons (Fsp3) is 0.529.